The van der Waals surface area contributed by atoms with Crippen LogP contribution in [0, 0.1) is 11.8 Å². The second-order valence-corrected chi connectivity index (χ2v) is 6.48. The summed E-state index contributed by atoms with van der Waals surface area (Å²) >= 11 is 6.49. The van der Waals surface area contributed by atoms with Crippen LogP contribution in [0.1, 0.15) is 38.8 Å². The van der Waals surface area contributed by atoms with E-state index in [1.54, 1.807) is 0 Å². The fraction of sp³-hybridized carbons (Fsp3) is 0.625. The van der Waals surface area contributed by atoms with Gasteiger partial charge in [0, 0.05) is 19.1 Å². The van der Waals surface area contributed by atoms with E-state index < -0.39 is 0 Å². The molecule has 0 radical (unpaired) electrons. The lowest BCUT2D eigenvalue weighted by atomic mass is 9.91. The number of halogens is 1. The first-order chi connectivity index (χ1) is 9.01. The maximum absolute atomic E-state index is 6.49. The van der Waals surface area contributed by atoms with Crippen molar-refractivity contribution in [2.45, 2.75) is 33.2 Å². The van der Waals surface area contributed by atoms with Gasteiger partial charge in [-0.05, 0) is 49.9 Å². The van der Waals surface area contributed by atoms with E-state index in [9.17, 15) is 0 Å². The number of rotatable bonds is 3. The first-order valence-electron chi connectivity index (χ1n) is 7.23. The molecular weight excluding hydrogens is 256 g/mol. The zero-order valence-corrected chi connectivity index (χ0v) is 13.2. The Kier molecular flexibility index (Phi) is 4.75. The molecule has 0 aromatic heterocycles. The first kappa shape index (κ1) is 14.7. The number of benzene rings is 1. The minimum atomic E-state index is 0.339. The summed E-state index contributed by atoms with van der Waals surface area (Å²) in [4.78, 5) is 2.44. The van der Waals surface area contributed by atoms with Crippen molar-refractivity contribution in [3.05, 3.63) is 28.8 Å². The summed E-state index contributed by atoms with van der Waals surface area (Å²) in [5.74, 6) is 1.49. The molecule has 1 fully saturated rings. The molecule has 1 aliphatic heterocycles. The SMILES string of the molecule is CNC(C)c1ccc(N2CC(C)CC(C)C2)c(Cl)c1. The van der Waals surface area contributed by atoms with E-state index in [-0.39, 0.29) is 0 Å². The van der Waals surface area contributed by atoms with Crippen LogP contribution in [0.15, 0.2) is 18.2 Å². The van der Waals surface area contributed by atoms with E-state index in [2.05, 4.69) is 49.2 Å². The molecule has 2 rings (SSSR count). The molecule has 0 amide bonds. The lowest BCUT2D eigenvalue weighted by Gasteiger charge is -2.37. The quantitative estimate of drug-likeness (QED) is 0.897. The second-order valence-electron chi connectivity index (χ2n) is 6.07. The topological polar surface area (TPSA) is 15.3 Å². The van der Waals surface area contributed by atoms with E-state index >= 15 is 0 Å². The Morgan fingerprint density at radius 2 is 1.89 bits per heavy atom. The van der Waals surface area contributed by atoms with E-state index in [4.69, 9.17) is 11.6 Å². The molecule has 1 aliphatic rings. The molecule has 19 heavy (non-hydrogen) atoms. The number of anilines is 1. The van der Waals surface area contributed by atoms with E-state index in [0.717, 1.165) is 29.9 Å². The third-order valence-corrected chi connectivity index (χ3v) is 4.42. The Morgan fingerprint density at radius 1 is 1.26 bits per heavy atom. The van der Waals surface area contributed by atoms with Gasteiger partial charge in [0.25, 0.3) is 0 Å². The van der Waals surface area contributed by atoms with Gasteiger partial charge < -0.3 is 10.2 Å². The summed E-state index contributed by atoms with van der Waals surface area (Å²) < 4.78 is 0. The van der Waals surface area contributed by atoms with Crippen LogP contribution in [-0.2, 0) is 0 Å². The maximum Gasteiger partial charge on any atom is 0.0642 e. The summed E-state index contributed by atoms with van der Waals surface area (Å²) in [6.45, 7) is 9.04. The summed E-state index contributed by atoms with van der Waals surface area (Å²) in [6, 6.07) is 6.80. The molecule has 1 saturated heterocycles. The molecule has 1 N–H and O–H groups in total. The van der Waals surface area contributed by atoms with Crippen molar-refractivity contribution in [1.82, 2.24) is 5.32 Å². The van der Waals surface area contributed by atoms with E-state index in [1.165, 1.54) is 17.7 Å². The number of hydrogen-bond donors (Lipinski definition) is 1. The summed E-state index contributed by atoms with van der Waals surface area (Å²) in [5.41, 5.74) is 2.43. The fourth-order valence-electron chi connectivity index (χ4n) is 3.08. The number of nitrogens with one attached hydrogen (secondary N) is 1. The van der Waals surface area contributed by atoms with Crippen molar-refractivity contribution in [3.8, 4) is 0 Å². The smallest absolute Gasteiger partial charge is 0.0642 e. The summed E-state index contributed by atoms with van der Waals surface area (Å²) in [7, 11) is 1.97. The van der Waals surface area contributed by atoms with Crippen molar-refractivity contribution >= 4 is 17.3 Å². The van der Waals surface area contributed by atoms with Crippen molar-refractivity contribution in [1.29, 1.82) is 0 Å². The largest absolute Gasteiger partial charge is 0.370 e. The van der Waals surface area contributed by atoms with Crippen LogP contribution in [0.5, 0.6) is 0 Å². The van der Waals surface area contributed by atoms with Gasteiger partial charge in [-0.1, -0.05) is 31.5 Å². The van der Waals surface area contributed by atoms with Crippen LogP contribution < -0.4 is 10.2 Å². The van der Waals surface area contributed by atoms with Crippen LogP contribution >= 0.6 is 11.6 Å². The molecule has 3 atom stereocenters. The standard InChI is InChI=1S/C16H25ClN2/c1-11-7-12(2)10-19(9-11)16-6-5-14(8-15(16)17)13(3)18-4/h5-6,8,11-13,18H,7,9-10H2,1-4H3. The van der Waals surface area contributed by atoms with E-state index in [1.807, 2.05) is 7.05 Å². The predicted molar refractivity (Wildman–Crippen MR) is 84.1 cm³/mol. The van der Waals surface area contributed by atoms with Gasteiger partial charge in [0.05, 0.1) is 10.7 Å². The van der Waals surface area contributed by atoms with Crippen LogP contribution in [-0.4, -0.2) is 20.1 Å². The fourth-order valence-corrected chi connectivity index (χ4v) is 3.38. The molecule has 1 aromatic carbocycles. The lowest BCUT2D eigenvalue weighted by molar-refractivity contribution is 0.357. The highest BCUT2D eigenvalue weighted by molar-refractivity contribution is 6.33. The molecule has 0 bridgehead atoms. The normalized spacial score (nSPS) is 25.4. The van der Waals surface area contributed by atoms with Crippen molar-refractivity contribution < 1.29 is 0 Å². The zero-order chi connectivity index (χ0) is 14.0. The van der Waals surface area contributed by atoms with Gasteiger partial charge in [-0.3, -0.25) is 0 Å². The number of piperidine rings is 1. The average Bonchev–Trinajstić information content (AvgIpc) is 2.36. The van der Waals surface area contributed by atoms with Gasteiger partial charge in [-0.25, -0.2) is 0 Å². The predicted octanol–water partition coefficient (Wildman–Crippen LogP) is 4.10. The van der Waals surface area contributed by atoms with Gasteiger partial charge in [0.1, 0.15) is 0 Å². The Hall–Kier alpha value is -0.730. The molecule has 3 unspecified atom stereocenters. The highest BCUT2D eigenvalue weighted by Crippen LogP contribution is 2.33. The minimum absolute atomic E-state index is 0.339. The van der Waals surface area contributed by atoms with Gasteiger partial charge >= 0.3 is 0 Å². The molecule has 106 valence electrons. The molecule has 1 aromatic rings. The van der Waals surface area contributed by atoms with Crippen LogP contribution in [0.4, 0.5) is 5.69 Å². The summed E-state index contributed by atoms with van der Waals surface area (Å²) in [6.07, 6.45) is 1.32. The lowest BCUT2D eigenvalue weighted by Crippen LogP contribution is -2.38. The highest BCUT2D eigenvalue weighted by Gasteiger charge is 2.23. The van der Waals surface area contributed by atoms with Crippen molar-refractivity contribution in [2.24, 2.45) is 11.8 Å². The molecule has 2 nitrogen and oxygen atoms in total. The van der Waals surface area contributed by atoms with Crippen LogP contribution in [0.3, 0.4) is 0 Å². The Morgan fingerprint density at radius 3 is 2.42 bits per heavy atom. The molecule has 1 heterocycles. The molecule has 0 aliphatic carbocycles. The number of hydrogen-bond acceptors (Lipinski definition) is 2. The summed E-state index contributed by atoms with van der Waals surface area (Å²) in [5, 5.41) is 4.13. The minimum Gasteiger partial charge on any atom is -0.370 e. The Labute approximate surface area is 122 Å². The Bertz CT molecular complexity index is 423. The van der Waals surface area contributed by atoms with Gasteiger partial charge in [0.15, 0.2) is 0 Å². The average molecular weight is 281 g/mol. The molecule has 0 saturated carbocycles. The first-order valence-corrected chi connectivity index (χ1v) is 7.60. The van der Waals surface area contributed by atoms with Crippen molar-refractivity contribution in [3.63, 3.8) is 0 Å². The van der Waals surface area contributed by atoms with Crippen LogP contribution in [0.2, 0.25) is 5.02 Å². The highest BCUT2D eigenvalue weighted by atomic mass is 35.5. The van der Waals surface area contributed by atoms with E-state index in [0.29, 0.717) is 6.04 Å². The maximum atomic E-state index is 6.49. The third-order valence-electron chi connectivity index (χ3n) is 4.11. The zero-order valence-electron chi connectivity index (χ0n) is 12.4. The third kappa shape index (κ3) is 3.43. The van der Waals surface area contributed by atoms with Gasteiger partial charge in [-0.2, -0.15) is 0 Å². The Balaban J connectivity index is 2.21. The van der Waals surface area contributed by atoms with Gasteiger partial charge in [0.2, 0.25) is 0 Å². The monoisotopic (exact) mass is 280 g/mol. The molecule has 3 heteroatoms. The molecule has 0 spiro atoms. The number of nitrogens with zero attached hydrogens (tertiary/aromatic N) is 1. The van der Waals surface area contributed by atoms with Gasteiger partial charge in [-0.15, -0.1) is 0 Å². The van der Waals surface area contributed by atoms with Crippen molar-refractivity contribution in [2.75, 3.05) is 25.0 Å². The molecular formula is C16H25ClN2. The van der Waals surface area contributed by atoms with Crippen LogP contribution in [0.25, 0.3) is 0 Å². The second kappa shape index (κ2) is 6.15.